The first-order valence-electron chi connectivity index (χ1n) is 6.37. The molecule has 0 fully saturated rings. The van der Waals surface area contributed by atoms with Gasteiger partial charge in [0.25, 0.3) is 0 Å². The van der Waals surface area contributed by atoms with Crippen LogP contribution in [0.5, 0.6) is 0 Å². The molecule has 1 aliphatic heterocycles. The molecule has 4 nitrogen and oxygen atoms in total. The molecule has 0 saturated heterocycles. The second-order valence-corrected chi connectivity index (χ2v) is 6.04. The average molecular weight is 361 g/mol. The number of aromatic nitrogens is 2. The van der Waals surface area contributed by atoms with Gasteiger partial charge in [-0.15, -0.1) is 10.2 Å². The Morgan fingerprint density at radius 3 is 2.50 bits per heavy atom. The van der Waals surface area contributed by atoms with Gasteiger partial charge in [0.05, 0.1) is 15.8 Å². The van der Waals surface area contributed by atoms with E-state index in [0.717, 1.165) is 0 Å². The molecule has 3 rings (SSSR count). The Hall–Kier alpha value is -1.43. The molecule has 1 unspecified atom stereocenters. The van der Waals surface area contributed by atoms with Crippen molar-refractivity contribution in [1.82, 2.24) is 10.2 Å². The minimum absolute atomic E-state index is 0.0431. The third-order valence-corrected chi connectivity index (χ3v) is 3.95. The summed E-state index contributed by atoms with van der Waals surface area (Å²) in [4.78, 5) is 5.15. The lowest BCUT2D eigenvalue weighted by Crippen LogP contribution is -2.05. The number of hydrogen-bond acceptors (Lipinski definition) is 4. The van der Waals surface area contributed by atoms with Crippen LogP contribution in [0.2, 0.25) is 15.2 Å². The van der Waals surface area contributed by atoms with Crippen LogP contribution in [0.4, 0.5) is 4.39 Å². The van der Waals surface area contributed by atoms with E-state index in [1.165, 1.54) is 12.1 Å². The zero-order chi connectivity index (χ0) is 15.9. The summed E-state index contributed by atoms with van der Waals surface area (Å²) in [6.45, 7) is 1.89. The van der Waals surface area contributed by atoms with E-state index in [1.54, 1.807) is 6.07 Å². The van der Waals surface area contributed by atoms with Gasteiger partial charge in [0, 0.05) is 17.5 Å². The maximum Gasteiger partial charge on any atom is 0.153 e. The standard InChI is InChI=1S/C14H9Cl3FN3O/c1-6-2-12(21-22-6)7-3-8(11(18)4-9(7)15)14-10(16)5-13(17)19-20-14/h3-6H,2H2,1H3. The van der Waals surface area contributed by atoms with Gasteiger partial charge < -0.3 is 4.84 Å². The number of nitrogens with zero attached hydrogens (tertiary/aromatic N) is 3. The highest BCUT2D eigenvalue weighted by molar-refractivity contribution is 6.36. The summed E-state index contributed by atoms with van der Waals surface area (Å²) < 4.78 is 14.2. The normalized spacial score (nSPS) is 17.3. The number of hydrogen-bond donors (Lipinski definition) is 0. The molecule has 0 N–H and O–H groups in total. The maximum atomic E-state index is 14.2. The van der Waals surface area contributed by atoms with Crippen LogP contribution in [0.25, 0.3) is 11.3 Å². The Kier molecular flexibility index (Phi) is 4.21. The van der Waals surface area contributed by atoms with Crippen LogP contribution in [0.3, 0.4) is 0 Å². The van der Waals surface area contributed by atoms with Crippen LogP contribution in [0, 0.1) is 5.82 Å². The molecule has 0 aliphatic carbocycles. The molecule has 2 heterocycles. The molecule has 0 radical (unpaired) electrons. The smallest absolute Gasteiger partial charge is 0.153 e. The summed E-state index contributed by atoms with van der Waals surface area (Å²) >= 11 is 17.9. The fraction of sp³-hybridized carbons (Fsp3) is 0.214. The Bertz CT molecular complexity index is 782. The maximum absolute atomic E-state index is 14.2. The van der Waals surface area contributed by atoms with Crippen molar-refractivity contribution in [3.05, 3.63) is 44.8 Å². The largest absolute Gasteiger partial charge is 0.392 e. The van der Waals surface area contributed by atoms with Gasteiger partial charge in [0.2, 0.25) is 0 Å². The third kappa shape index (κ3) is 2.89. The highest BCUT2D eigenvalue weighted by Crippen LogP contribution is 2.33. The number of halogens is 4. The highest BCUT2D eigenvalue weighted by atomic mass is 35.5. The molecule has 0 spiro atoms. The van der Waals surface area contributed by atoms with Gasteiger partial charge in [-0.25, -0.2) is 4.39 Å². The fourth-order valence-electron chi connectivity index (χ4n) is 2.14. The van der Waals surface area contributed by atoms with Gasteiger partial charge >= 0.3 is 0 Å². The first-order chi connectivity index (χ1) is 10.5. The second-order valence-electron chi connectivity index (χ2n) is 4.83. The van der Waals surface area contributed by atoms with E-state index in [-0.39, 0.29) is 32.6 Å². The van der Waals surface area contributed by atoms with E-state index in [2.05, 4.69) is 15.4 Å². The van der Waals surface area contributed by atoms with Crippen molar-refractivity contribution < 1.29 is 9.23 Å². The quantitative estimate of drug-likeness (QED) is 0.776. The number of oxime groups is 1. The van der Waals surface area contributed by atoms with Crippen molar-refractivity contribution in [2.75, 3.05) is 0 Å². The van der Waals surface area contributed by atoms with Crippen LogP contribution in [-0.2, 0) is 4.84 Å². The first kappa shape index (κ1) is 15.5. The van der Waals surface area contributed by atoms with Gasteiger partial charge in [-0.2, -0.15) is 0 Å². The monoisotopic (exact) mass is 359 g/mol. The van der Waals surface area contributed by atoms with Crippen LogP contribution >= 0.6 is 34.8 Å². The fourth-order valence-corrected chi connectivity index (χ4v) is 2.85. The molecule has 1 aliphatic rings. The molecule has 1 atom stereocenters. The minimum Gasteiger partial charge on any atom is -0.392 e. The Morgan fingerprint density at radius 2 is 1.86 bits per heavy atom. The minimum atomic E-state index is -0.556. The summed E-state index contributed by atoms with van der Waals surface area (Å²) in [6.07, 6.45) is 0.545. The van der Waals surface area contributed by atoms with Crippen molar-refractivity contribution >= 4 is 40.5 Å². The van der Waals surface area contributed by atoms with Gasteiger partial charge in [0.1, 0.15) is 17.6 Å². The van der Waals surface area contributed by atoms with Gasteiger partial charge in [0.15, 0.2) is 5.15 Å². The highest BCUT2D eigenvalue weighted by Gasteiger charge is 2.23. The summed E-state index contributed by atoms with van der Waals surface area (Å²) in [5.41, 5.74) is 1.59. The lowest BCUT2D eigenvalue weighted by molar-refractivity contribution is 0.0995. The van der Waals surface area contributed by atoms with Crippen molar-refractivity contribution in [2.24, 2.45) is 5.16 Å². The van der Waals surface area contributed by atoms with Crippen molar-refractivity contribution in [1.29, 1.82) is 0 Å². The van der Waals surface area contributed by atoms with Gasteiger partial charge in [-0.1, -0.05) is 40.0 Å². The molecule has 1 aromatic carbocycles. The van der Waals surface area contributed by atoms with E-state index in [9.17, 15) is 4.39 Å². The molecule has 1 aromatic heterocycles. The number of benzene rings is 1. The Balaban J connectivity index is 2.12. The predicted molar refractivity (Wildman–Crippen MR) is 84.2 cm³/mol. The SMILES string of the molecule is CC1CC(c2cc(-c3nnc(Cl)cc3Cl)c(F)cc2Cl)=NO1. The molecule has 0 bridgehead atoms. The zero-order valence-corrected chi connectivity index (χ0v) is 13.5. The van der Waals surface area contributed by atoms with Crippen LogP contribution in [0.1, 0.15) is 18.9 Å². The van der Waals surface area contributed by atoms with Gasteiger partial charge in [-0.3, -0.25) is 0 Å². The molecule has 8 heteroatoms. The first-order valence-corrected chi connectivity index (χ1v) is 7.50. The number of rotatable bonds is 2. The van der Waals surface area contributed by atoms with E-state index in [4.69, 9.17) is 39.6 Å². The van der Waals surface area contributed by atoms with Crippen LogP contribution < -0.4 is 0 Å². The summed E-state index contributed by atoms with van der Waals surface area (Å²) in [5, 5.41) is 12.1. The Labute approximate surface area is 140 Å². The summed E-state index contributed by atoms with van der Waals surface area (Å²) in [7, 11) is 0. The molecular weight excluding hydrogens is 352 g/mol. The van der Waals surface area contributed by atoms with E-state index in [1.807, 2.05) is 6.92 Å². The predicted octanol–water partition coefficient (Wildman–Crippen LogP) is 4.76. The summed E-state index contributed by atoms with van der Waals surface area (Å²) in [5.74, 6) is -0.556. The van der Waals surface area contributed by atoms with E-state index in [0.29, 0.717) is 17.7 Å². The van der Waals surface area contributed by atoms with Crippen molar-refractivity contribution in [3.8, 4) is 11.3 Å². The van der Waals surface area contributed by atoms with Crippen LogP contribution in [0.15, 0.2) is 23.4 Å². The Morgan fingerprint density at radius 1 is 1.09 bits per heavy atom. The zero-order valence-electron chi connectivity index (χ0n) is 11.3. The molecule has 0 amide bonds. The molecule has 2 aromatic rings. The molecule has 0 saturated carbocycles. The lowest BCUT2D eigenvalue weighted by Gasteiger charge is -2.09. The van der Waals surface area contributed by atoms with Gasteiger partial charge in [-0.05, 0) is 25.1 Å². The average Bonchev–Trinajstić information content (AvgIpc) is 2.86. The molecule has 114 valence electrons. The third-order valence-electron chi connectivity index (χ3n) is 3.16. The molecule has 22 heavy (non-hydrogen) atoms. The second kappa shape index (κ2) is 5.99. The van der Waals surface area contributed by atoms with Crippen molar-refractivity contribution in [3.63, 3.8) is 0 Å². The van der Waals surface area contributed by atoms with E-state index >= 15 is 0 Å². The van der Waals surface area contributed by atoms with E-state index < -0.39 is 5.82 Å². The van der Waals surface area contributed by atoms with Crippen LogP contribution in [-0.4, -0.2) is 22.0 Å². The topological polar surface area (TPSA) is 47.4 Å². The van der Waals surface area contributed by atoms with Crippen molar-refractivity contribution in [2.45, 2.75) is 19.4 Å². The lowest BCUT2D eigenvalue weighted by atomic mass is 10.0. The molecular formula is C14H9Cl3FN3O. The summed E-state index contributed by atoms with van der Waals surface area (Å²) in [6, 6.07) is 4.14.